The van der Waals surface area contributed by atoms with Crippen molar-refractivity contribution in [2.45, 2.75) is 101 Å². The van der Waals surface area contributed by atoms with E-state index >= 15 is 0 Å². The Bertz CT molecular complexity index is 2150. The van der Waals surface area contributed by atoms with Gasteiger partial charge in [0.2, 0.25) is 0 Å². The molecule has 0 aliphatic carbocycles. The lowest BCUT2D eigenvalue weighted by molar-refractivity contribution is -0.322. The average molecular weight is 839 g/mol. The fourth-order valence-corrected chi connectivity index (χ4v) is 7.63. The van der Waals surface area contributed by atoms with Crippen molar-refractivity contribution in [1.29, 1.82) is 0 Å². The predicted molar refractivity (Wildman–Crippen MR) is 211 cm³/mol. The van der Waals surface area contributed by atoms with Gasteiger partial charge in [-0.25, -0.2) is 19.2 Å². The summed E-state index contributed by atoms with van der Waals surface area (Å²) in [6.07, 6.45) is -12.2. The monoisotopic (exact) mass is 838 g/mol. The van der Waals surface area contributed by atoms with E-state index in [2.05, 4.69) is 0 Å². The molecular formula is C46H46O15. The third kappa shape index (κ3) is 9.68. The highest BCUT2D eigenvalue weighted by Crippen LogP contribution is 2.44. The van der Waals surface area contributed by atoms with E-state index in [0.29, 0.717) is 0 Å². The molecule has 4 heterocycles. The van der Waals surface area contributed by atoms with E-state index in [4.69, 9.17) is 52.1 Å². The van der Waals surface area contributed by atoms with Crippen LogP contribution in [0.2, 0.25) is 0 Å². The van der Waals surface area contributed by atoms with Gasteiger partial charge < -0.3 is 52.1 Å². The maximum Gasteiger partial charge on any atom is 0.338 e. The summed E-state index contributed by atoms with van der Waals surface area (Å²) >= 11 is 0. The summed E-state index contributed by atoms with van der Waals surface area (Å²) in [6.45, 7) is 6.58. The summed E-state index contributed by atoms with van der Waals surface area (Å²) in [6, 6.07) is 32.6. The van der Waals surface area contributed by atoms with Crippen molar-refractivity contribution < 1.29 is 71.3 Å². The minimum Gasteiger partial charge on any atom is -0.459 e. The number of carbonyl (C=O) groups is 4. The van der Waals surface area contributed by atoms with Crippen LogP contribution in [0.3, 0.4) is 0 Å². The zero-order valence-corrected chi connectivity index (χ0v) is 33.9. The number of carbonyl (C=O) groups excluding carboxylic acids is 4. The first kappa shape index (κ1) is 42.2. The van der Waals surface area contributed by atoms with Crippen LogP contribution in [0.5, 0.6) is 0 Å². The quantitative estimate of drug-likeness (QED) is 0.126. The van der Waals surface area contributed by atoms with Crippen LogP contribution in [-0.2, 0) is 52.1 Å². The Labute approximate surface area is 352 Å². The van der Waals surface area contributed by atoms with Crippen molar-refractivity contribution in [2.75, 3.05) is 13.2 Å². The Morgan fingerprint density at radius 3 is 1.49 bits per heavy atom. The molecule has 61 heavy (non-hydrogen) atoms. The number of hydrogen-bond acceptors (Lipinski definition) is 15. The van der Waals surface area contributed by atoms with E-state index in [1.807, 2.05) is 0 Å². The molecule has 0 saturated carbocycles. The first-order chi connectivity index (χ1) is 29.3. The summed E-state index contributed by atoms with van der Waals surface area (Å²) in [7, 11) is 0. The van der Waals surface area contributed by atoms with Crippen molar-refractivity contribution in [3.05, 3.63) is 144 Å². The molecule has 0 N–H and O–H groups in total. The van der Waals surface area contributed by atoms with E-state index in [1.165, 1.54) is 24.3 Å². The molecule has 4 aromatic rings. The van der Waals surface area contributed by atoms with Crippen LogP contribution >= 0.6 is 0 Å². The third-order valence-electron chi connectivity index (χ3n) is 10.5. The van der Waals surface area contributed by atoms with Gasteiger partial charge in [-0.2, -0.15) is 0 Å². The molecule has 15 heteroatoms. The fraction of sp³-hybridized carbons (Fsp3) is 0.391. The summed E-state index contributed by atoms with van der Waals surface area (Å²) < 4.78 is 68.8. The smallest absolute Gasteiger partial charge is 0.338 e. The van der Waals surface area contributed by atoms with Gasteiger partial charge in [-0.05, 0) is 76.2 Å². The Morgan fingerprint density at radius 1 is 0.525 bits per heavy atom. The maximum atomic E-state index is 14.1. The Hall–Kier alpha value is -5.52. The van der Waals surface area contributed by atoms with Gasteiger partial charge in [0.15, 0.2) is 42.5 Å². The molecule has 10 atom stereocenters. The van der Waals surface area contributed by atoms with Crippen LogP contribution in [0.25, 0.3) is 0 Å². The van der Waals surface area contributed by atoms with Crippen LogP contribution in [0.1, 0.15) is 69.1 Å². The molecule has 15 nitrogen and oxygen atoms in total. The number of fused-ring (bicyclic) bond motifs is 1. The van der Waals surface area contributed by atoms with Crippen LogP contribution in [-0.4, -0.2) is 110 Å². The van der Waals surface area contributed by atoms with E-state index < -0.39 is 103 Å². The van der Waals surface area contributed by atoms with Gasteiger partial charge in [0, 0.05) is 0 Å². The average Bonchev–Trinajstić information content (AvgIpc) is 3.90. The summed E-state index contributed by atoms with van der Waals surface area (Å²) in [4.78, 5) is 55.4. The minimum absolute atomic E-state index is 0.130. The number of benzene rings is 4. The van der Waals surface area contributed by atoms with Gasteiger partial charge in [-0.15, -0.1) is 0 Å². The third-order valence-corrected chi connectivity index (χ3v) is 10.5. The largest absolute Gasteiger partial charge is 0.459 e. The molecule has 4 aliphatic heterocycles. The van der Waals surface area contributed by atoms with Crippen molar-refractivity contribution in [2.24, 2.45) is 0 Å². The molecule has 0 bridgehead atoms. The molecule has 4 aliphatic rings. The normalized spacial score (nSPS) is 29.8. The predicted octanol–water partition coefficient (Wildman–Crippen LogP) is 5.66. The molecule has 4 aromatic carbocycles. The second-order valence-electron chi connectivity index (χ2n) is 15.8. The van der Waals surface area contributed by atoms with Crippen molar-refractivity contribution >= 4 is 23.9 Å². The number of rotatable bonds is 12. The molecular weight excluding hydrogens is 792 g/mol. The lowest BCUT2D eigenvalue weighted by Crippen LogP contribution is -2.64. The van der Waals surface area contributed by atoms with Gasteiger partial charge in [-0.3, -0.25) is 0 Å². The van der Waals surface area contributed by atoms with E-state index in [0.717, 1.165) is 0 Å². The van der Waals surface area contributed by atoms with Crippen molar-refractivity contribution in [3.8, 4) is 0 Å². The molecule has 0 amide bonds. The highest BCUT2D eigenvalue weighted by molar-refractivity contribution is 5.91. The number of esters is 4. The lowest BCUT2D eigenvalue weighted by Gasteiger charge is -2.45. The molecule has 0 radical (unpaired) electrons. The Morgan fingerprint density at radius 2 is 1.00 bits per heavy atom. The van der Waals surface area contributed by atoms with Crippen LogP contribution in [0.15, 0.2) is 121 Å². The molecule has 8 rings (SSSR count). The second kappa shape index (κ2) is 17.8. The summed E-state index contributed by atoms with van der Waals surface area (Å²) in [5, 5.41) is 0. The van der Waals surface area contributed by atoms with Crippen LogP contribution in [0, 0.1) is 0 Å². The topological polar surface area (TPSA) is 170 Å². The van der Waals surface area contributed by atoms with Gasteiger partial charge in [-0.1, -0.05) is 72.8 Å². The molecule has 0 spiro atoms. The second-order valence-corrected chi connectivity index (χ2v) is 15.8. The van der Waals surface area contributed by atoms with Crippen molar-refractivity contribution in [1.82, 2.24) is 0 Å². The molecule has 0 unspecified atom stereocenters. The SMILES string of the molecule is CC1(C)O[C@H]2O[C@H]([C@H]3COC(C)(C)O3)[C@H](O[C@@H]3O[C@H](COC(=O)c4ccccc4)[C@@H](OC(=O)c4ccccc4)[C@H](OC(=O)c4ccccc4)[C@H]3OC(=O)c3ccccc3)[C@H]2O1. The molecule has 4 saturated heterocycles. The summed E-state index contributed by atoms with van der Waals surface area (Å²) in [5.41, 5.74) is 0.699. The first-order valence-electron chi connectivity index (χ1n) is 20.0. The van der Waals surface area contributed by atoms with Gasteiger partial charge >= 0.3 is 23.9 Å². The standard InChI is InChI=1S/C46H46O15/c1-45(2)52-26-32(59-45)34-36(38-44(57-34)61-46(3,4)60-38)58-43-37(56-42(50)30-23-15-8-16-24-30)35(55-41(49)29-21-13-7-14-22-29)33(54-40(48)28-19-11-6-12-20-28)31(53-43)25-51-39(47)27-17-9-5-10-18-27/h5-24,31-38,43-44H,25-26H2,1-4H3/t31-,32-,33-,34-,35+,36+,37-,38-,43+,44-/m1/s1. The van der Waals surface area contributed by atoms with Gasteiger partial charge in [0.05, 0.1) is 28.9 Å². The first-order valence-corrected chi connectivity index (χ1v) is 20.0. The maximum absolute atomic E-state index is 14.1. The fourth-order valence-electron chi connectivity index (χ4n) is 7.63. The highest BCUT2D eigenvalue weighted by atomic mass is 16.9. The van der Waals surface area contributed by atoms with E-state index in [9.17, 15) is 19.2 Å². The summed E-state index contributed by atoms with van der Waals surface area (Å²) in [5.74, 6) is -5.25. The number of ether oxygens (including phenoxy) is 11. The van der Waals surface area contributed by atoms with Crippen LogP contribution < -0.4 is 0 Å². The molecule has 0 aromatic heterocycles. The molecule has 320 valence electrons. The molecule has 4 fully saturated rings. The van der Waals surface area contributed by atoms with E-state index in [1.54, 1.807) is 125 Å². The Kier molecular flexibility index (Phi) is 12.3. The van der Waals surface area contributed by atoms with Crippen LogP contribution in [0.4, 0.5) is 0 Å². The van der Waals surface area contributed by atoms with Gasteiger partial charge in [0.1, 0.15) is 37.1 Å². The minimum atomic E-state index is -1.64. The van der Waals surface area contributed by atoms with E-state index in [-0.39, 0.29) is 28.9 Å². The Balaban J connectivity index is 1.21. The zero-order valence-electron chi connectivity index (χ0n) is 33.9. The zero-order chi connectivity index (χ0) is 42.7. The van der Waals surface area contributed by atoms with Crippen molar-refractivity contribution in [3.63, 3.8) is 0 Å². The number of hydrogen-bond donors (Lipinski definition) is 0. The van der Waals surface area contributed by atoms with Gasteiger partial charge in [0.25, 0.3) is 0 Å². The highest BCUT2D eigenvalue weighted by Gasteiger charge is 2.62. The lowest BCUT2D eigenvalue weighted by atomic mass is 9.97.